The van der Waals surface area contributed by atoms with Gasteiger partial charge in [0, 0.05) is 16.7 Å². The van der Waals surface area contributed by atoms with Crippen molar-refractivity contribution in [1.29, 1.82) is 0 Å². The molecule has 136 valence electrons. The molecule has 2 aromatic carbocycles. The van der Waals surface area contributed by atoms with Crippen molar-refractivity contribution in [2.45, 2.75) is 4.90 Å². The first-order valence-electron chi connectivity index (χ1n) is 7.86. The van der Waals surface area contributed by atoms with Crippen molar-refractivity contribution in [3.63, 3.8) is 0 Å². The Morgan fingerprint density at radius 3 is 2.26 bits per heavy atom. The summed E-state index contributed by atoms with van der Waals surface area (Å²) in [6, 6.07) is 14.8. The van der Waals surface area contributed by atoms with Gasteiger partial charge in [0.25, 0.3) is 0 Å². The van der Waals surface area contributed by atoms with Crippen molar-refractivity contribution < 1.29 is 12.8 Å². The molecule has 0 fully saturated rings. The zero-order valence-electron chi connectivity index (χ0n) is 14.0. The fourth-order valence-corrected chi connectivity index (χ4v) is 4.42. The zero-order valence-corrected chi connectivity index (χ0v) is 15.7. The molecule has 2 aromatic heterocycles. The second-order valence-corrected chi connectivity index (χ2v) is 8.96. The van der Waals surface area contributed by atoms with Crippen LogP contribution in [0.1, 0.15) is 0 Å². The lowest BCUT2D eigenvalue weighted by Crippen LogP contribution is -1.96. The molecule has 1 N–H and O–H groups in total. The first-order valence-corrected chi connectivity index (χ1v) is 10.6. The number of tetrazole rings is 1. The van der Waals surface area contributed by atoms with Crippen molar-refractivity contribution in [2.24, 2.45) is 0 Å². The van der Waals surface area contributed by atoms with Crippen molar-refractivity contribution in [2.75, 3.05) is 6.26 Å². The number of nitrogens with one attached hydrogen (secondary N) is 1. The molecular formula is C18H13FN4O2S2. The molecule has 0 saturated heterocycles. The minimum atomic E-state index is -3.27. The second kappa shape index (κ2) is 6.67. The predicted molar refractivity (Wildman–Crippen MR) is 101 cm³/mol. The molecule has 4 rings (SSSR count). The Kier molecular flexibility index (Phi) is 4.33. The van der Waals surface area contributed by atoms with E-state index < -0.39 is 9.84 Å². The van der Waals surface area contributed by atoms with Crippen LogP contribution in [0.2, 0.25) is 0 Å². The number of aromatic nitrogens is 4. The maximum absolute atomic E-state index is 13.3. The fraction of sp³-hybridized carbons (Fsp3) is 0.0556. The number of rotatable bonds is 4. The molecule has 0 saturated carbocycles. The van der Waals surface area contributed by atoms with Gasteiger partial charge in [0.05, 0.1) is 9.77 Å². The van der Waals surface area contributed by atoms with Gasteiger partial charge in [-0.25, -0.2) is 12.8 Å². The highest BCUT2D eigenvalue weighted by Crippen LogP contribution is 2.42. The highest BCUT2D eigenvalue weighted by Gasteiger charge is 2.17. The normalized spacial score (nSPS) is 11.6. The average molecular weight is 400 g/mol. The number of sulfone groups is 1. The summed E-state index contributed by atoms with van der Waals surface area (Å²) in [6.07, 6.45) is 1.17. The lowest BCUT2D eigenvalue weighted by molar-refractivity contribution is 0.602. The van der Waals surface area contributed by atoms with Crippen LogP contribution < -0.4 is 0 Å². The Bertz CT molecular complexity index is 1180. The third-order valence-electron chi connectivity index (χ3n) is 4.00. The quantitative estimate of drug-likeness (QED) is 0.563. The van der Waals surface area contributed by atoms with E-state index in [1.807, 2.05) is 6.07 Å². The van der Waals surface area contributed by atoms with Gasteiger partial charge < -0.3 is 0 Å². The summed E-state index contributed by atoms with van der Waals surface area (Å²) in [5, 5.41) is 14.0. The number of thiophene rings is 1. The number of aromatic amines is 1. The number of nitrogens with zero attached hydrogens (tertiary/aromatic N) is 3. The van der Waals surface area contributed by atoms with Gasteiger partial charge in [0.1, 0.15) is 5.82 Å². The summed E-state index contributed by atoms with van der Waals surface area (Å²) in [5.41, 5.74) is 2.57. The van der Waals surface area contributed by atoms with E-state index in [0.717, 1.165) is 26.4 Å². The SMILES string of the molecule is CS(=O)(=O)c1ccc(-c2sc(-c3nn[nH]n3)cc2-c2ccc(F)cc2)cc1. The molecule has 0 amide bonds. The molecule has 4 aromatic rings. The lowest BCUT2D eigenvalue weighted by Gasteiger charge is -2.06. The highest BCUT2D eigenvalue weighted by atomic mass is 32.2. The van der Waals surface area contributed by atoms with Crippen LogP contribution in [-0.2, 0) is 9.84 Å². The number of hydrogen-bond acceptors (Lipinski definition) is 6. The van der Waals surface area contributed by atoms with E-state index in [1.165, 1.54) is 29.7 Å². The Balaban J connectivity index is 1.86. The zero-order chi connectivity index (χ0) is 19.0. The molecule has 0 aliphatic rings. The lowest BCUT2D eigenvalue weighted by atomic mass is 10.0. The molecule has 0 aliphatic heterocycles. The van der Waals surface area contributed by atoms with Crippen LogP contribution in [0.15, 0.2) is 59.5 Å². The Hall–Kier alpha value is -2.91. The van der Waals surface area contributed by atoms with Crippen LogP contribution >= 0.6 is 11.3 Å². The first-order chi connectivity index (χ1) is 12.9. The highest BCUT2D eigenvalue weighted by molar-refractivity contribution is 7.90. The van der Waals surface area contributed by atoms with E-state index in [4.69, 9.17) is 0 Å². The Labute approximate surface area is 158 Å². The number of H-pyrrole nitrogens is 1. The Morgan fingerprint density at radius 1 is 1.00 bits per heavy atom. The smallest absolute Gasteiger partial charge is 0.214 e. The van der Waals surface area contributed by atoms with E-state index in [1.54, 1.807) is 36.4 Å². The summed E-state index contributed by atoms with van der Waals surface area (Å²) >= 11 is 1.45. The van der Waals surface area contributed by atoms with Crippen LogP contribution in [0.25, 0.3) is 32.3 Å². The van der Waals surface area contributed by atoms with Gasteiger partial charge >= 0.3 is 0 Å². The van der Waals surface area contributed by atoms with E-state index in [0.29, 0.717) is 5.82 Å². The molecule has 0 bridgehead atoms. The molecule has 0 atom stereocenters. The summed E-state index contributed by atoms with van der Waals surface area (Å²) in [4.78, 5) is 1.95. The number of halogens is 1. The number of benzene rings is 2. The minimum Gasteiger partial charge on any atom is -0.224 e. The minimum absolute atomic E-state index is 0.254. The van der Waals surface area contributed by atoms with Crippen molar-refractivity contribution in [3.8, 4) is 32.3 Å². The van der Waals surface area contributed by atoms with Crippen LogP contribution in [0.5, 0.6) is 0 Å². The molecule has 6 nitrogen and oxygen atoms in total. The Morgan fingerprint density at radius 2 is 1.67 bits per heavy atom. The van der Waals surface area contributed by atoms with Crippen molar-refractivity contribution in [1.82, 2.24) is 20.6 Å². The van der Waals surface area contributed by atoms with Crippen LogP contribution in [0.4, 0.5) is 4.39 Å². The van der Waals surface area contributed by atoms with Crippen LogP contribution in [0, 0.1) is 5.82 Å². The topological polar surface area (TPSA) is 88.6 Å². The molecule has 2 heterocycles. The largest absolute Gasteiger partial charge is 0.224 e. The molecule has 0 radical (unpaired) electrons. The molecule has 0 aliphatic carbocycles. The van der Waals surface area contributed by atoms with Crippen LogP contribution in [0.3, 0.4) is 0 Å². The third kappa shape index (κ3) is 3.51. The van der Waals surface area contributed by atoms with Gasteiger partial charge in [-0.15, -0.1) is 21.5 Å². The maximum atomic E-state index is 13.3. The summed E-state index contributed by atoms with van der Waals surface area (Å²) in [7, 11) is -3.27. The van der Waals surface area contributed by atoms with Crippen LogP contribution in [-0.4, -0.2) is 35.3 Å². The standard InChI is InChI=1S/C18H13FN4O2S2/c1-27(24,25)14-8-4-12(5-9-14)17-15(11-2-6-13(19)7-3-11)10-16(26-17)18-20-22-23-21-18/h2-10H,1H3,(H,20,21,22,23). The van der Waals surface area contributed by atoms with E-state index in [-0.39, 0.29) is 10.7 Å². The molecular weight excluding hydrogens is 387 g/mol. The van der Waals surface area contributed by atoms with Gasteiger partial charge in [0.15, 0.2) is 9.84 Å². The molecule has 9 heteroatoms. The molecule has 0 spiro atoms. The average Bonchev–Trinajstić information content (AvgIpc) is 3.31. The van der Waals surface area contributed by atoms with Gasteiger partial charge in [0.2, 0.25) is 5.82 Å². The first kappa shape index (κ1) is 17.5. The third-order valence-corrected chi connectivity index (χ3v) is 6.31. The van der Waals surface area contributed by atoms with E-state index in [2.05, 4.69) is 20.6 Å². The molecule has 27 heavy (non-hydrogen) atoms. The van der Waals surface area contributed by atoms with Crippen molar-refractivity contribution in [3.05, 3.63) is 60.4 Å². The fourth-order valence-electron chi connectivity index (χ4n) is 2.68. The van der Waals surface area contributed by atoms with Gasteiger partial charge in [-0.1, -0.05) is 24.3 Å². The maximum Gasteiger partial charge on any atom is 0.214 e. The van der Waals surface area contributed by atoms with E-state index >= 15 is 0 Å². The van der Waals surface area contributed by atoms with Crippen molar-refractivity contribution >= 4 is 21.2 Å². The summed E-state index contributed by atoms with van der Waals surface area (Å²) in [5.74, 6) is 0.147. The van der Waals surface area contributed by atoms with E-state index in [9.17, 15) is 12.8 Å². The summed E-state index contributed by atoms with van der Waals surface area (Å²) < 4.78 is 36.7. The second-order valence-electron chi connectivity index (χ2n) is 5.89. The molecule has 0 unspecified atom stereocenters. The summed E-state index contributed by atoms with van der Waals surface area (Å²) in [6.45, 7) is 0. The monoisotopic (exact) mass is 400 g/mol. The number of hydrogen-bond donors (Lipinski definition) is 1. The predicted octanol–water partition coefficient (Wildman–Crippen LogP) is 3.80. The van der Waals surface area contributed by atoms with Gasteiger partial charge in [-0.05, 0) is 46.7 Å². The van der Waals surface area contributed by atoms with Gasteiger partial charge in [-0.2, -0.15) is 5.21 Å². The van der Waals surface area contributed by atoms with Gasteiger partial charge in [-0.3, -0.25) is 0 Å².